The Balaban J connectivity index is 1.68. The van der Waals surface area contributed by atoms with E-state index in [1.165, 1.54) is 28.6 Å². The molecule has 1 atom stereocenters. The van der Waals surface area contributed by atoms with E-state index in [4.69, 9.17) is 4.42 Å². The van der Waals surface area contributed by atoms with Crippen LogP contribution in [-0.2, 0) is 17.6 Å². The molecule has 3 rings (SSSR count). The first-order valence-electron chi connectivity index (χ1n) is 8.71. The normalized spacial score (nSPS) is 17.4. The number of aromatic nitrogens is 2. The number of hydrogen-bond acceptors (Lipinski definition) is 6. The number of rotatable bonds is 5. The van der Waals surface area contributed by atoms with E-state index in [9.17, 15) is 4.79 Å². The molecule has 2 aromatic heterocycles. The molecule has 2 aromatic rings. The fourth-order valence-electron chi connectivity index (χ4n) is 3.11. The summed E-state index contributed by atoms with van der Waals surface area (Å²) in [5.74, 6) is 1.55. The van der Waals surface area contributed by atoms with Crippen LogP contribution in [0.5, 0.6) is 0 Å². The molecule has 1 amide bonds. The van der Waals surface area contributed by atoms with Gasteiger partial charge in [-0.2, -0.15) is 0 Å². The predicted molar refractivity (Wildman–Crippen MR) is 102 cm³/mol. The number of nitrogens with zero attached hydrogens (tertiary/aromatic N) is 2. The van der Waals surface area contributed by atoms with E-state index in [1.807, 2.05) is 6.92 Å². The van der Waals surface area contributed by atoms with Crippen LogP contribution in [0.3, 0.4) is 0 Å². The first-order valence-corrected chi connectivity index (χ1v) is 10.5. The van der Waals surface area contributed by atoms with Gasteiger partial charge in [-0.3, -0.25) is 4.79 Å². The van der Waals surface area contributed by atoms with E-state index >= 15 is 0 Å². The number of carbonyl (C=O) groups excluding carboxylic acids is 1. The number of thiophene rings is 1. The summed E-state index contributed by atoms with van der Waals surface area (Å²) < 4.78 is 5.74. The fourth-order valence-corrected chi connectivity index (χ4v) is 4.83. The highest BCUT2D eigenvalue weighted by Gasteiger charge is 2.30. The zero-order valence-corrected chi connectivity index (χ0v) is 16.9. The van der Waals surface area contributed by atoms with Crippen molar-refractivity contribution in [1.29, 1.82) is 0 Å². The lowest BCUT2D eigenvalue weighted by Gasteiger charge is -2.33. The van der Waals surface area contributed by atoms with Crippen LogP contribution < -0.4 is 5.32 Å². The maximum atomic E-state index is 11.5. The van der Waals surface area contributed by atoms with Gasteiger partial charge in [-0.15, -0.1) is 21.5 Å². The summed E-state index contributed by atoms with van der Waals surface area (Å²) in [6.45, 7) is 9.51. The molecule has 0 fully saturated rings. The first kappa shape index (κ1) is 18.5. The van der Waals surface area contributed by atoms with Gasteiger partial charge in [0.2, 0.25) is 5.91 Å². The van der Waals surface area contributed by atoms with Gasteiger partial charge in [-0.05, 0) is 49.1 Å². The van der Waals surface area contributed by atoms with Crippen molar-refractivity contribution < 1.29 is 9.21 Å². The highest BCUT2D eigenvalue weighted by molar-refractivity contribution is 7.99. The molecule has 1 aliphatic rings. The molecule has 25 heavy (non-hydrogen) atoms. The summed E-state index contributed by atoms with van der Waals surface area (Å²) in [6, 6.07) is 2.21. The molecule has 0 spiro atoms. The lowest BCUT2D eigenvalue weighted by molar-refractivity contribution is -0.118. The molecule has 5 nitrogen and oxygen atoms in total. The van der Waals surface area contributed by atoms with Gasteiger partial charge in [0.25, 0.3) is 11.1 Å². The van der Waals surface area contributed by atoms with Crippen LogP contribution in [0.25, 0.3) is 10.8 Å². The lowest BCUT2D eigenvalue weighted by atomic mass is 9.72. The van der Waals surface area contributed by atoms with E-state index in [1.54, 1.807) is 11.3 Å². The van der Waals surface area contributed by atoms with Crippen molar-refractivity contribution in [2.45, 2.75) is 52.2 Å². The van der Waals surface area contributed by atoms with E-state index in [0.29, 0.717) is 34.7 Å². The predicted octanol–water partition coefficient (Wildman–Crippen LogP) is 4.18. The van der Waals surface area contributed by atoms with Gasteiger partial charge in [0.1, 0.15) is 0 Å². The molecular formula is C18H25N3O2S2. The Labute approximate surface area is 157 Å². The number of carbonyl (C=O) groups is 1. The third-order valence-corrected chi connectivity index (χ3v) is 6.67. The maximum absolute atomic E-state index is 11.5. The lowest BCUT2D eigenvalue weighted by Crippen LogP contribution is -2.26. The van der Waals surface area contributed by atoms with Gasteiger partial charge < -0.3 is 9.73 Å². The summed E-state index contributed by atoms with van der Waals surface area (Å²) in [5.41, 5.74) is 1.77. The average molecular weight is 380 g/mol. The van der Waals surface area contributed by atoms with Crippen LogP contribution in [-0.4, -0.2) is 28.4 Å². The van der Waals surface area contributed by atoms with Crippen LogP contribution in [0.4, 0.5) is 0 Å². The molecule has 0 saturated carbocycles. The van der Waals surface area contributed by atoms with Crippen molar-refractivity contribution in [2.75, 3.05) is 12.3 Å². The minimum atomic E-state index is -0.0212. The van der Waals surface area contributed by atoms with Crippen LogP contribution >= 0.6 is 23.1 Å². The van der Waals surface area contributed by atoms with Crippen LogP contribution in [0.1, 0.15) is 44.6 Å². The number of thioether (sulfide) groups is 1. The number of nitrogens with one attached hydrogen (secondary N) is 1. The minimum absolute atomic E-state index is 0.0212. The third kappa shape index (κ3) is 4.44. The second-order valence-corrected chi connectivity index (χ2v) is 9.54. The molecule has 0 bridgehead atoms. The largest absolute Gasteiger partial charge is 0.410 e. The molecule has 7 heteroatoms. The molecule has 136 valence electrons. The summed E-state index contributed by atoms with van der Waals surface area (Å²) in [7, 11) is 0. The molecular weight excluding hydrogens is 354 g/mol. The van der Waals surface area contributed by atoms with Crippen LogP contribution in [0.2, 0.25) is 0 Å². The monoisotopic (exact) mass is 379 g/mol. The van der Waals surface area contributed by atoms with Crippen LogP contribution in [0.15, 0.2) is 15.7 Å². The SMILES string of the molecule is CCNC(=O)CSc1nnc(-c2cc3c(s2)CCC(C(C)(C)C)C3)o1. The standard InChI is InChI=1S/C18H25N3O2S2/c1-5-19-15(22)10-24-17-21-20-16(23-17)14-9-11-8-12(18(2,3)4)6-7-13(11)25-14/h9,12H,5-8,10H2,1-4H3,(H,19,22). The van der Waals surface area contributed by atoms with Gasteiger partial charge in [0, 0.05) is 11.4 Å². The number of amides is 1. The van der Waals surface area contributed by atoms with Gasteiger partial charge >= 0.3 is 0 Å². The Bertz CT molecular complexity index is 746. The Hall–Kier alpha value is -1.34. The molecule has 0 aromatic carbocycles. The van der Waals surface area contributed by atoms with Gasteiger partial charge in [-0.25, -0.2) is 0 Å². The molecule has 1 unspecified atom stereocenters. The second kappa shape index (κ2) is 7.50. The Morgan fingerprint density at radius 3 is 2.96 bits per heavy atom. The Morgan fingerprint density at radius 1 is 1.44 bits per heavy atom. The molecule has 0 aliphatic heterocycles. The summed E-state index contributed by atoms with van der Waals surface area (Å²) >= 11 is 3.04. The molecule has 1 N–H and O–H groups in total. The van der Waals surface area contributed by atoms with Gasteiger partial charge in [0.05, 0.1) is 10.6 Å². The fraction of sp³-hybridized carbons (Fsp3) is 0.611. The molecule has 0 saturated heterocycles. The summed E-state index contributed by atoms with van der Waals surface area (Å²) in [5, 5.41) is 11.4. The topological polar surface area (TPSA) is 68.0 Å². The highest BCUT2D eigenvalue weighted by Crippen LogP contribution is 2.42. The Morgan fingerprint density at radius 2 is 2.24 bits per heavy atom. The van der Waals surface area contributed by atoms with Crippen molar-refractivity contribution in [1.82, 2.24) is 15.5 Å². The molecule has 0 radical (unpaired) electrons. The summed E-state index contributed by atoms with van der Waals surface area (Å²) in [4.78, 5) is 14.0. The zero-order chi connectivity index (χ0) is 18.0. The van der Waals surface area contributed by atoms with E-state index in [0.717, 1.165) is 17.7 Å². The zero-order valence-electron chi connectivity index (χ0n) is 15.2. The van der Waals surface area contributed by atoms with Crippen molar-refractivity contribution in [3.63, 3.8) is 0 Å². The molecule has 2 heterocycles. The number of aryl methyl sites for hydroxylation is 1. The van der Waals surface area contributed by atoms with E-state index in [2.05, 4.69) is 42.4 Å². The van der Waals surface area contributed by atoms with Gasteiger partial charge in [0.15, 0.2) is 0 Å². The van der Waals surface area contributed by atoms with Crippen molar-refractivity contribution in [2.24, 2.45) is 11.3 Å². The van der Waals surface area contributed by atoms with Crippen molar-refractivity contribution in [3.8, 4) is 10.8 Å². The van der Waals surface area contributed by atoms with Gasteiger partial charge in [-0.1, -0.05) is 32.5 Å². The summed E-state index contributed by atoms with van der Waals surface area (Å²) in [6.07, 6.45) is 3.51. The first-order chi connectivity index (χ1) is 11.9. The number of hydrogen-bond donors (Lipinski definition) is 1. The second-order valence-electron chi connectivity index (χ2n) is 7.48. The van der Waals surface area contributed by atoms with E-state index < -0.39 is 0 Å². The van der Waals surface area contributed by atoms with E-state index in [-0.39, 0.29) is 5.91 Å². The minimum Gasteiger partial charge on any atom is -0.410 e. The highest BCUT2D eigenvalue weighted by atomic mass is 32.2. The van der Waals surface area contributed by atoms with Crippen molar-refractivity contribution in [3.05, 3.63) is 16.5 Å². The maximum Gasteiger partial charge on any atom is 0.277 e. The number of fused-ring (bicyclic) bond motifs is 1. The van der Waals surface area contributed by atoms with Crippen LogP contribution in [0, 0.1) is 11.3 Å². The Kier molecular flexibility index (Phi) is 5.53. The smallest absolute Gasteiger partial charge is 0.277 e. The van der Waals surface area contributed by atoms with Crippen molar-refractivity contribution >= 4 is 29.0 Å². The third-order valence-electron chi connectivity index (χ3n) is 4.63. The average Bonchev–Trinajstić information content (AvgIpc) is 3.18. The molecule has 1 aliphatic carbocycles. The quantitative estimate of drug-likeness (QED) is 0.790.